The molecule has 1 fully saturated rings. The molecule has 1 unspecified atom stereocenters. The van der Waals surface area contributed by atoms with E-state index in [9.17, 15) is 22.4 Å². The Morgan fingerprint density at radius 3 is 2.21 bits per heavy atom. The van der Waals surface area contributed by atoms with E-state index in [2.05, 4.69) is 0 Å². The number of ether oxygens (including phenoxy) is 1. The van der Waals surface area contributed by atoms with Crippen LogP contribution >= 0.6 is 0 Å². The number of benzene rings is 2. The molecule has 0 aliphatic carbocycles. The molecule has 0 aromatic heterocycles. The van der Waals surface area contributed by atoms with Gasteiger partial charge in [0.1, 0.15) is 10.7 Å². The van der Waals surface area contributed by atoms with Crippen LogP contribution in [0.2, 0.25) is 0 Å². The summed E-state index contributed by atoms with van der Waals surface area (Å²) in [4.78, 5) is 23.8. The van der Waals surface area contributed by atoms with Gasteiger partial charge in [0.15, 0.2) is 0 Å². The molecule has 1 amide bonds. The lowest BCUT2D eigenvalue weighted by molar-refractivity contribution is -0.160. The number of primary amides is 1. The van der Waals surface area contributed by atoms with Crippen molar-refractivity contribution in [2.24, 2.45) is 11.7 Å². The van der Waals surface area contributed by atoms with E-state index in [0.29, 0.717) is 5.56 Å². The number of nitrogens with two attached hydrogens (primary N) is 1. The monoisotopic (exact) mass is 420 g/mol. The van der Waals surface area contributed by atoms with Crippen LogP contribution in [-0.2, 0) is 24.3 Å². The molecule has 3 rings (SSSR count). The lowest BCUT2D eigenvalue weighted by Gasteiger charge is -2.30. The predicted molar refractivity (Wildman–Crippen MR) is 102 cm³/mol. The van der Waals surface area contributed by atoms with Gasteiger partial charge in [-0.2, -0.15) is 4.31 Å². The fourth-order valence-corrected chi connectivity index (χ4v) is 4.79. The number of carbonyl (C=O) groups excluding carboxylic acids is 2. The first kappa shape index (κ1) is 20.9. The molecule has 0 radical (unpaired) electrons. The molecule has 7 nitrogen and oxygen atoms in total. The molecule has 154 valence electrons. The zero-order chi connectivity index (χ0) is 21.0. The van der Waals surface area contributed by atoms with Crippen molar-refractivity contribution < 1.29 is 27.1 Å². The summed E-state index contributed by atoms with van der Waals surface area (Å²) in [5, 5.41) is 0. The highest BCUT2D eigenvalue weighted by molar-refractivity contribution is 7.89. The van der Waals surface area contributed by atoms with Crippen LogP contribution in [0.1, 0.15) is 24.5 Å². The predicted octanol–water partition coefficient (Wildman–Crippen LogP) is 2.00. The number of esters is 1. The Labute approximate surface area is 168 Å². The molecule has 1 aliphatic heterocycles. The number of hydrogen-bond acceptors (Lipinski definition) is 5. The van der Waals surface area contributed by atoms with Crippen LogP contribution in [0.25, 0.3) is 0 Å². The van der Waals surface area contributed by atoms with E-state index >= 15 is 0 Å². The van der Waals surface area contributed by atoms with Gasteiger partial charge in [-0.3, -0.25) is 9.59 Å². The number of carbonyl (C=O) groups is 2. The summed E-state index contributed by atoms with van der Waals surface area (Å²) >= 11 is 0. The third-order valence-electron chi connectivity index (χ3n) is 4.84. The molecular weight excluding hydrogens is 399 g/mol. The maximum absolute atomic E-state index is 13.9. The number of amides is 1. The number of rotatable bonds is 6. The number of piperidine rings is 1. The summed E-state index contributed by atoms with van der Waals surface area (Å²) in [7, 11) is -3.99. The van der Waals surface area contributed by atoms with E-state index in [0.717, 1.165) is 10.4 Å². The second-order valence-electron chi connectivity index (χ2n) is 6.74. The smallest absolute Gasteiger partial charge is 0.310 e. The van der Waals surface area contributed by atoms with Crippen molar-refractivity contribution >= 4 is 21.9 Å². The minimum absolute atomic E-state index is 0.0447. The molecule has 2 N–H and O–H groups in total. The molecule has 1 atom stereocenters. The van der Waals surface area contributed by atoms with Crippen LogP contribution in [0.5, 0.6) is 0 Å². The summed E-state index contributed by atoms with van der Waals surface area (Å²) in [5.41, 5.74) is 5.83. The molecule has 2 aromatic carbocycles. The van der Waals surface area contributed by atoms with E-state index in [1.54, 1.807) is 30.3 Å². The second kappa shape index (κ2) is 8.71. The summed E-state index contributed by atoms with van der Waals surface area (Å²) < 4.78 is 45.7. The van der Waals surface area contributed by atoms with Gasteiger partial charge in [-0.05, 0) is 25.0 Å². The topological polar surface area (TPSA) is 107 Å². The minimum atomic E-state index is -3.99. The highest BCUT2D eigenvalue weighted by Crippen LogP contribution is 2.27. The van der Waals surface area contributed by atoms with Crippen LogP contribution < -0.4 is 5.73 Å². The van der Waals surface area contributed by atoms with Gasteiger partial charge >= 0.3 is 5.97 Å². The third-order valence-corrected chi connectivity index (χ3v) is 6.77. The van der Waals surface area contributed by atoms with Crippen LogP contribution in [0.15, 0.2) is 59.5 Å². The van der Waals surface area contributed by atoms with Gasteiger partial charge in [0.2, 0.25) is 16.1 Å². The standard InChI is InChI=1S/C20H21FN2O5S/c21-16-8-4-5-9-17(16)29(26,27)23-12-10-15(11-13-23)20(25)28-18(19(22)24)14-6-2-1-3-7-14/h1-9,15,18H,10-13H2,(H2,22,24). The summed E-state index contributed by atoms with van der Waals surface area (Å²) in [6.07, 6.45) is -0.802. The van der Waals surface area contributed by atoms with Crippen LogP contribution in [-0.4, -0.2) is 37.7 Å². The van der Waals surface area contributed by atoms with Crippen molar-refractivity contribution in [3.63, 3.8) is 0 Å². The largest absolute Gasteiger partial charge is 0.447 e. The fourth-order valence-electron chi connectivity index (χ4n) is 3.26. The Balaban J connectivity index is 1.65. The molecule has 29 heavy (non-hydrogen) atoms. The average Bonchev–Trinajstić information content (AvgIpc) is 2.72. The SMILES string of the molecule is NC(=O)C(OC(=O)C1CCN(S(=O)(=O)c2ccccc2F)CC1)c1ccccc1. The van der Waals surface area contributed by atoms with Crippen molar-refractivity contribution in [1.29, 1.82) is 0 Å². The molecule has 0 saturated carbocycles. The molecule has 0 bridgehead atoms. The Morgan fingerprint density at radius 2 is 1.62 bits per heavy atom. The van der Waals surface area contributed by atoms with E-state index in [-0.39, 0.29) is 30.8 Å². The van der Waals surface area contributed by atoms with Gasteiger partial charge in [0, 0.05) is 18.7 Å². The number of halogens is 1. The molecular formula is C20H21FN2O5S. The highest BCUT2D eigenvalue weighted by atomic mass is 32.2. The van der Waals surface area contributed by atoms with Gasteiger partial charge < -0.3 is 10.5 Å². The van der Waals surface area contributed by atoms with E-state index in [4.69, 9.17) is 10.5 Å². The highest BCUT2D eigenvalue weighted by Gasteiger charge is 2.35. The van der Waals surface area contributed by atoms with Crippen molar-refractivity contribution in [3.8, 4) is 0 Å². The maximum atomic E-state index is 13.9. The maximum Gasteiger partial charge on any atom is 0.310 e. The van der Waals surface area contributed by atoms with Gasteiger partial charge in [0.05, 0.1) is 5.92 Å². The first-order valence-corrected chi connectivity index (χ1v) is 10.5. The Morgan fingerprint density at radius 1 is 1.03 bits per heavy atom. The average molecular weight is 420 g/mol. The molecule has 1 heterocycles. The van der Waals surface area contributed by atoms with E-state index < -0.39 is 39.7 Å². The molecule has 1 saturated heterocycles. The molecule has 1 aliphatic rings. The summed E-state index contributed by atoms with van der Waals surface area (Å²) in [5.74, 6) is -2.79. The quantitative estimate of drug-likeness (QED) is 0.720. The number of hydrogen-bond donors (Lipinski definition) is 1. The Bertz CT molecular complexity index is 989. The van der Waals surface area contributed by atoms with Crippen LogP contribution in [0, 0.1) is 11.7 Å². The van der Waals surface area contributed by atoms with Gasteiger partial charge in [0.25, 0.3) is 5.91 Å². The Hall–Kier alpha value is -2.78. The third kappa shape index (κ3) is 4.63. The lowest BCUT2D eigenvalue weighted by atomic mass is 9.98. The van der Waals surface area contributed by atoms with Gasteiger partial charge in [-0.1, -0.05) is 42.5 Å². The summed E-state index contributed by atoms with van der Waals surface area (Å²) in [6, 6.07) is 13.6. The van der Waals surface area contributed by atoms with Crippen molar-refractivity contribution in [2.45, 2.75) is 23.8 Å². The van der Waals surface area contributed by atoms with Crippen molar-refractivity contribution in [1.82, 2.24) is 4.31 Å². The second-order valence-corrected chi connectivity index (χ2v) is 8.65. The van der Waals surface area contributed by atoms with Crippen molar-refractivity contribution in [3.05, 3.63) is 66.0 Å². The fraction of sp³-hybridized carbons (Fsp3) is 0.300. The molecule has 9 heteroatoms. The van der Waals surface area contributed by atoms with E-state index in [1.165, 1.54) is 18.2 Å². The minimum Gasteiger partial charge on any atom is -0.447 e. The van der Waals surface area contributed by atoms with E-state index in [1.807, 2.05) is 0 Å². The Kier molecular flexibility index (Phi) is 6.29. The molecule has 0 spiro atoms. The van der Waals surface area contributed by atoms with Gasteiger partial charge in [-0.15, -0.1) is 0 Å². The normalized spacial score (nSPS) is 16.9. The first-order chi connectivity index (χ1) is 13.8. The number of nitrogens with zero attached hydrogens (tertiary/aromatic N) is 1. The molecule has 2 aromatic rings. The first-order valence-electron chi connectivity index (χ1n) is 9.10. The number of sulfonamides is 1. The van der Waals surface area contributed by atoms with Crippen molar-refractivity contribution in [2.75, 3.05) is 13.1 Å². The lowest BCUT2D eigenvalue weighted by Crippen LogP contribution is -2.41. The van der Waals surface area contributed by atoms with Crippen LogP contribution in [0.3, 0.4) is 0 Å². The van der Waals surface area contributed by atoms with Crippen LogP contribution in [0.4, 0.5) is 4.39 Å². The zero-order valence-corrected chi connectivity index (χ0v) is 16.3. The zero-order valence-electron chi connectivity index (χ0n) is 15.5. The van der Waals surface area contributed by atoms with Gasteiger partial charge in [-0.25, -0.2) is 12.8 Å². The summed E-state index contributed by atoms with van der Waals surface area (Å²) in [6.45, 7) is 0.0893.